The quantitative estimate of drug-likeness (QED) is 0.921. The zero-order chi connectivity index (χ0) is 15.0. The first-order chi connectivity index (χ1) is 9.42. The zero-order valence-electron chi connectivity index (χ0n) is 11.7. The Kier molecular flexibility index (Phi) is 3.40. The molecule has 0 fully saturated rings. The molecule has 0 saturated heterocycles. The summed E-state index contributed by atoms with van der Waals surface area (Å²) in [4.78, 5) is 23.4. The number of carbonyl (C=O) groups is 1. The lowest BCUT2D eigenvalue weighted by molar-refractivity contribution is 0.0694. The topological polar surface area (TPSA) is 77.8 Å². The Bertz CT molecular complexity index is 760. The molecule has 0 aliphatic rings. The van der Waals surface area contributed by atoms with Gasteiger partial charge in [0.15, 0.2) is 11.5 Å². The molecule has 6 nitrogen and oxygen atoms in total. The average molecular weight is 277 g/mol. The third-order valence-electron chi connectivity index (χ3n) is 3.37. The maximum Gasteiger partial charge on any atom is 0.341 e. The van der Waals surface area contributed by atoms with E-state index in [-0.39, 0.29) is 5.56 Å². The molecule has 106 valence electrons. The molecule has 0 unspecified atom stereocenters. The van der Waals surface area contributed by atoms with E-state index in [1.807, 2.05) is 0 Å². The van der Waals surface area contributed by atoms with Gasteiger partial charge in [0.1, 0.15) is 5.56 Å². The summed E-state index contributed by atoms with van der Waals surface area (Å²) in [7, 11) is 4.53. The number of methoxy groups -OCH3 is 2. The second kappa shape index (κ2) is 4.88. The second-order valence-electron chi connectivity index (χ2n) is 4.39. The predicted molar refractivity (Wildman–Crippen MR) is 74.0 cm³/mol. The molecular weight excluding hydrogens is 262 g/mol. The molecule has 20 heavy (non-hydrogen) atoms. The Hall–Kier alpha value is -2.50. The van der Waals surface area contributed by atoms with E-state index < -0.39 is 11.5 Å². The first kappa shape index (κ1) is 13.9. The smallest absolute Gasteiger partial charge is 0.341 e. The van der Waals surface area contributed by atoms with Gasteiger partial charge in [0.25, 0.3) is 5.56 Å². The lowest BCUT2D eigenvalue weighted by Crippen LogP contribution is -2.26. The van der Waals surface area contributed by atoms with Crippen LogP contribution in [0.25, 0.3) is 10.9 Å². The van der Waals surface area contributed by atoms with Crippen molar-refractivity contribution in [3.05, 3.63) is 33.6 Å². The minimum absolute atomic E-state index is 0.229. The molecule has 2 rings (SSSR count). The second-order valence-corrected chi connectivity index (χ2v) is 4.39. The standard InChI is InChI=1S/C14H15NO5/c1-7-8-5-10(19-3)11(20-4)6-9(8)15(2)13(16)12(7)14(17)18/h5-6H,1-4H3,(H,17,18). The van der Waals surface area contributed by atoms with Gasteiger partial charge in [-0.05, 0) is 18.6 Å². The van der Waals surface area contributed by atoms with Crippen molar-refractivity contribution in [3.63, 3.8) is 0 Å². The van der Waals surface area contributed by atoms with Crippen molar-refractivity contribution in [3.8, 4) is 11.5 Å². The van der Waals surface area contributed by atoms with Crippen molar-refractivity contribution in [1.82, 2.24) is 4.57 Å². The number of carboxylic acid groups (broad SMARTS) is 1. The van der Waals surface area contributed by atoms with E-state index in [1.54, 1.807) is 19.1 Å². The van der Waals surface area contributed by atoms with E-state index in [4.69, 9.17) is 9.47 Å². The highest BCUT2D eigenvalue weighted by Gasteiger charge is 2.19. The SMILES string of the molecule is COc1cc2c(C)c(C(=O)O)c(=O)n(C)c2cc1OC. The van der Waals surface area contributed by atoms with Crippen LogP contribution < -0.4 is 15.0 Å². The van der Waals surface area contributed by atoms with Crippen LogP contribution in [0.15, 0.2) is 16.9 Å². The molecule has 0 bridgehead atoms. The number of carboxylic acids is 1. The van der Waals surface area contributed by atoms with Crippen LogP contribution in [0.2, 0.25) is 0 Å². The lowest BCUT2D eigenvalue weighted by atomic mass is 10.0. The van der Waals surface area contributed by atoms with Gasteiger partial charge in [-0.1, -0.05) is 0 Å². The summed E-state index contributed by atoms with van der Waals surface area (Å²) in [5.41, 5.74) is 0.230. The number of ether oxygens (including phenoxy) is 2. The number of hydrogen-bond donors (Lipinski definition) is 1. The van der Waals surface area contributed by atoms with E-state index in [0.717, 1.165) is 0 Å². The number of fused-ring (bicyclic) bond motifs is 1. The highest BCUT2D eigenvalue weighted by Crippen LogP contribution is 2.33. The summed E-state index contributed by atoms with van der Waals surface area (Å²) in [6.07, 6.45) is 0. The Balaban J connectivity index is 3.00. The first-order valence-corrected chi connectivity index (χ1v) is 5.91. The van der Waals surface area contributed by atoms with Crippen LogP contribution >= 0.6 is 0 Å². The fourth-order valence-electron chi connectivity index (χ4n) is 2.27. The van der Waals surface area contributed by atoms with Crippen LogP contribution in [0.1, 0.15) is 15.9 Å². The molecule has 0 amide bonds. The third-order valence-corrected chi connectivity index (χ3v) is 3.37. The Morgan fingerprint density at radius 3 is 2.25 bits per heavy atom. The molecule has 0 atom stereocenters. The summed E-state index contributed by atoms with van der Waals surface area (Å²) in [5, 5.41) is 9.83. The maximum atomic E-state index is 12.1. The fourth-order valence-corrected chi connectivity index (χ4v) is 2.27. The van der Waals surface area contributed by atoms with Crippen molar-refractivity contribution >= 4 is 16.9 Å². The Morgan fingerprint density at radius 2 is 1.75 bits per heavy atom. The molecule has 0 radical (unpaired) electrons. The molecule has 1 aromatic heterocycles. The van der Waals surface area contributed by atoms with Crippen molar-refractivity contribution in [2.24, 2.45) is 7.05 Å². The fraction of sp³-hybridized carbons (Fsp3) is 0.286. The molecule has 1 aromatic carbocycles. The molecule has 0 aliphatic carbocycles. The average Bonchev–Trinajstić information content (AvgIpc) is 2.43. The van der Waals surface area contributed by atoms with Crippen LogP contribution in [0.5, 0.6) is 11.5 Å². The van der Waals surface area contributed by atoms with Gasteiger partial charge in [-0.2, -0.15) is 0 Å². The molecule has 0 saturated carbocycles. The summed E-state index contributed by atoms with van der Waals surface area (Å²) >= 11 is 0. The van der Waals surface area contributed by atoms with Crippen LogP contribution in [-0.4, -0.2) is 29.9 Å². The number of pyridine rings is 1. The highest BCUT2D eigenvalue weighted by molar-refractivity contribution is 5.97. The van der Waals surface area contributed by atoms with Gasteiger partial charge < -0.3 is 19.1 Å². The van der Waals surface area contributed by atoms with Gasteiger partial charge >= 0.3 is 5.97 Å². The molecular formula is C14H15NO5. The van der Waals surface area contributed by atoms with Gasteiger partial charge in [0.05, 0.1) is 19.7 Å². The monoisotopic (exact) mass is 277 g/mol. The Labute approximate surface area is 115 Å². The maximum absolute atomic E-state index is 12.1. The van der Waals surface area contributed by atoms with Gasteiger partial charge in [-0.3, -0.25) is 4.79 Å². The summed E-state index contributed by atoms with van der Waals surface area (Å²) in [5.74, 6) is -0.268. The Morgan fingerprint density at radius 1 is 1.20 bits per heavy atom. The number of nitrogens with zero attached hydrogens (tertiary/aromatic N) is 1. The van der Waals surface area contributed by atoms with Crippen molar-refractivity contribution in [2.75, 3.05) is 14.2 Å². The van der Waals surface area contributed by atoms with Gasteiger partial charge in [0.2, 0.25) is 0 Å². The predicted octanol–water partition coefficient (Wildman–Crippen LogP) is 1.56. The van der Waals surface area contributed by atoms with Crippen molar-refractivity contribution in [1.29, 1.82) is 0 Å². The number of benzene rings is 1. The first-order valence-electron chi connectivity index (χ1n) is 5.91. The number of aromatic nitrogens is 1. The largest absolute Gasteiger partial charge is 0.493 e. The van der Waals surface area contributed by atoms with E-state index in [0.29, 0.717) is 28.0 Å². The normalized spacial score (nSPS) is 10.6. The van der Waals surface area contributed by atoms with Gasteiger partial charge in [0, 0.05) is 18.5 Å². The number of rotatable bonds is 3. The molecule has 0 aliphatic heterocycles. The molecule has 0 spiro atoms. The van der Waals surface area contributed by atoms with Crippen LogP contribution in [0.3, 0.4) is 0 Å². The van der Waals surface area contributed by atoms with Crippen LogP contribution in [0.4, 0.5) is 0 Å². The molecule has 2 aromatic rings. The summed E-state index contributed by atoms with van der Waals surface area (Å²) < 4.78 is 11.7. The molecule has 1 heterocycles. The van der Waals surface area contributed by atoms with E-state index in [2.05, 4.69) is 0 Å². The van der Waals surface area contributed by atoms with Crippen molar-refractivity contribution in [2.45, 2.75) is 6.92 Å². The van der Waals surface area contributed by atoms with Gasteiger partial charge in [-0.25, -0.2) is 4.79 Å². The summed E-state index contributed by atoms with van der Waals surface area (Å²) in [6, 6.07) is 3.34. The van der Waals surface area contributed by atoms with Crippen LogP contribution in [0, 0.1) is 6.92 Å². The number of aromatic carboxylic acids is 1. The number of hydrogen-bond acceptors (Lipinski definition) is 4. The van der Waals surface area contributed by atoms with Crippen LogP contribution in [-0.2, 0) is 7.05 Å². The van der Waals surface area contributed by atoms with E-state index in [9.17, 15) is 14.7 Å². The minimum atomic E-state index is -1.24. The van der Waals surface area contributed by atoms with Crippen molar-refractivity contribution < 1.29 is 19.4 Å². The minimum Gasteiger partial charge on any atom is -0.493 e. The zero-order valence-corrected chi connectivity index (χ0v) is 11.7. The molecule has 1 N–H and O–H groups in total. The third kappa shape index (κ3) is 1.89. The van der Waals surface area contributed by atoms with E-state index in [1.165, 1.54) is 25.8 Å². The summed E-state index contributed by atoms with van der Waals surface area (Å²) in [6.45, 7) is 1.61. The lowest BCUT2D eigenvalue weighted by Gasteiger charge is -2.14. The number of aryl methyl sites for hydroxylation is 2. The molecule has 6 heteroatoms. The van der Waals surface area contributed by atoms with E-state index >= 15 is 0 Å². The van der Waals surface area contributed by atoms with Gasteiger partial charge in [-0.15, -0.1) is 0 Å². The highest BCUT2D eigenvalue weighted by atomic mass is 16.5.